The van der Waals surface area contributed by atoms with Crippen molar-refractivity contribution in [2.24, 2.45) is 5.92 Å². The molecule has 0 aromatic carbocycles. The van der Waals surface area contributed by atoms with Crippen molar-refractivity contribution in [1.82, 2.24) is 5.32 Å². The standard InChI is InChI=1S/C10H19NO4/c1-4-7(2)5-9(12)11-8(6-15-3)10(13)14/h7-8H,4-6H2,1-3H3,(H,11,12)(H,13,14). The number of carboxylic acids is 1. The fourth-order valence-electron chi connectivity index (χ4n) is 1.06. The summed E-state index contributed by atoms with van der Waals surface area (Å²) < 4.78 is 4.70. The van der Waals surface area contributed by atoms with Gasteiger partial charge in [-0.2, -0.15) is 0 Å². The van der Waals surface area contributed by atoms with Crippen LogP contribution in [0.2, 0.25) is 0 Å². The Morgan fingerprint density at radius 1 is 1.47 bits per heavy atom. The molecule has 0 fully saturated rings. The van der Waals surface area contributed by atoms with Crippen molar-refractivity contribution in [3.05, 3.63) is 0 Å². The third-order valence-electron chi connectivity index (χ3n) is 2.20. The molecule has 0 aliphatic heterocycles. The molecule has 0 rings (SSSR count). The summed E-state index contributed by atoms with van der Waals surface area (Å²) >= 11 is 0. The van der Waals surface area contributed by atoms with Crippen molar-refractivity contribution >= 4 is 11.9 Å². The van der Waals surface area contributed by atoms with E-state index >= 15 is 0 Å². The van der Waals surface area contributed by atoms with Crippen LogP contribution in [0.15, 0.2) is 0 Å². The molecule has 0 aliphatic rings. The molecule has 0 aromatic heterocycles. The molecule has 0 saturated carbocycles. The summed E-state index contributed by atoms with van der Waals surface area (Å²) in [6.45, 7) is 3.93. The molecule has 2 atom stereocenters. The monoisotopic (exact) mass is 217 g/mol. The van der Waals surface area contributed by atoms with Gasteiger partial charge in [0, 0.05) is 13.5 Å². The average Bonchev–Trinajstić information content (AvgIpc) is 2.16. The predicted octanol–water partition coefficient (Wildman–Crippen LogP) is 0.638. The van der Waals surface area contributed by atoms with Gasteiger partial charge < -0.3 is 15.2 Å². The van der Waals surface area contributed by atoms with Crippen LogP contribution in [0.3, 0.4) is 0 Å². The van der Waals surface area contributed by atoms with Gasteiger partial charge in [0.1, 0.15) is 0 Å². The first-order chi connectivity index (χ1) is 7.01. The van der Waals surface area contributed by atoms with Crippen molar-refractivity contribution in [2.45, 2.75) is 32.7 Å². The molecule has 0 bridgehead atoms. The molecule has 5 nitrogen and oxygen atoms in total. The van der Waals surface area contributed by atoms with Gasteiger partial charge in [-0.3, -0.25) is 4.79 Å². The van der Waals surface area contributed by atoms with Gasteiger partial charge in [-0.05, 0) is 5.92 Å². The number of aliphatic carboxylic acids is 1. The van der Waals surface area contributed by atoms with Crippen LogP contribution in [0.1, 0.15) is 26.7 Å². The molecule has 0 heterocycles. The van der Waals surface area contributed by atoms with E-state index in [2.05, 4.69) is 5.32 Å². The fraction of sp³-hybridized carbons (Fsp3) is 0.800. The van der Waals surface area contributed by atoms with E-state index in [-0.39, 0.29) is 18.4 Å². The molecule has 0 aromatic rings. The van der Waals surface area contributed by atoms with E-state index in [0.29, 0.717) is 6.42 Å². The lowest BCUT2D eigenvalue weighted by Crippen LogP contribution is -2.44. The maximum absolute atomic E-state index is 11.4. The molecule has 0 saturated heterocycles. The topological polar surface area (TPSA) is 75.6 Å². The molecule has 0 radical (unpaired) electrons. The highest BCUT2D eigenvalue weighted by Crippen LogP contribution is 2.05. The van der Waals surface area contributed by atoms with Gasteiger partial charge in [0.15, 0.2) is 6.04 Å². The number of carbonyl (C=O) groups excluding carboxylic acids is 1. The van der Waals surface area contributed by atoms with Crippen LogP contribution in [0.25, 0.3) is 0 Å². The van der Waals surface area contributed by atoms with Gasteiger partial charge in [-0.25, -0.2) is 4.79 Å². The Labute approximate surface area is 89.8 Å². The minimum Gasteiger partial charge on any atom is -0.480 e. The molecule has 0 aliphatic carbocycles. The van der Waals surface area contributed by atoms with Crippen molar-refractivity contribution in [2.75, 3.05) is 13.7 Å². The van der Waals surface area contributed by atoms with Crippen LogP contribution in [-0.4, -0.2) is 36.7 Å². The van der Waals surface area contributed by atoms with Gasteiger partial charge in [0.25, 0.3) is 0 Å². The number of hydrogen-bond acceptors (Lipinski definition) is 3. The smallest absolute Gasteiger partial charge is 0.328 e. The predicted molar refractivity (Wildman–Crippen MR) is 55.5 cm³/mol. The zero-order chi connectivity index (χ0) is 11.8. The summed E-state index contributed by atoms with van der Waals surface area (Å²) in [4.78, 5) is 22.1. The largest absolute Gasteiger partial charge is 0.480 e. The third kappa shape index (κ3) is 6.06. The maximum atomic E-state index is 11.4. The van der Waals surface area contributed by atoms with E-state index in [1.54, 1.807) is 0 Å². The number of rotatable bonds is 7. The van der Waals surface area contributed by atoms with Crippen LogP contribution in [0, 0.1) is 5.92 Å². The van der Waals surface area contributed by atoms with Crippen LogP contribution in [0.4, 0.5) is 0 Å². The number of nitrogens with one attached hydrogen (secondary N) is 1. The second-order valence-electron chi connectivity index (χ2n) is 3.63. The molecular weight excluding hydrogens is 198 g/mol. The van der Waals surface area contributed by atoms with Crippen molar-refractivity contribution in [3.63, 3.8) is 0 Å². The van der Waals surface area contributed by atoms with E-state index in [9.17, 15) is 9.59 Å². The summed E-state index contributed by atoms with van der Waals surface area (Å²) in [5.74, 6) is -1.05. The van der Waals surface area contributed by atoms with Gasteiger partial charge in [-0.15, -0.1) is 0 Å². The first-order valence-electron chi connectivity index (χ1n) is 5.02. The zero-order valence-corrected chi connectivity index (χ0v) is 9.45. The number of carbonyl (C=O) groups is 2. The first-order valence-corrected chi connectivity index (χ1v) is 5.02. The fourth-order valence-corrected chi connectivity index (χ4v) is 1.06. The van der Waals surface area contributed by atoms with Gasteiger partial charge in [0.05, 0.1) is 6.61 Å². The minimum atomic E-state index is -1.07. The summed E-state index contributed by atoms with van der Waals surface area (Å²) in [6, 6.07) is -0.952. The van der Waals surface area contributed by atoms with Crippen LogP contribution in [-0.2, 0) is 14.3 Å². The van der Waals surface area contributed by atoms with Crippen LogP contribution < -0.4 is 5.32 Å². The molecule has 5 heteroatoms. The second kappa shape index (κ2) is 7.23. The Morgan fingerprint density at radius 3 is 2.47 bits per heavy atom. The summed E-state index contributed by atoms with van der Waals surface area (Å²) in [5, 5.41) is 11.2. The van der Waals surface area contributed by atoms with E-state index in [1.165, 1.54) is 7.11 Å². The second-order valence-corrected chi connectivity index (χ2v) is 3.63. The number of carboxylic acid groups (broad SMARTS) is 1. The number of hydrogen-bond donors (Lipinski definition) is 2. The summed E-state index contributed by atoms with van der Waals surface area (Å²) in [7, 11) is 1.40. The summed E-state index contributed by atoms with van der Waals surface area (Å²) in [5.41, 5.74) is 0. The maximum Gasteiger partial charge on any atom is 0.328 e. The number of methoxy groups -OCH3 is 1. The highest BCUT2D eigenvalue weighted by atomic mass is 16.5. The Hall–Kier alpha value is -1.10. The van der Waals surface area contributed by atoms with E-state index in [0.717, 1.165) is 6.42 Å². The molecule has 1 amide bonds. The minimum absolute atomic E-state index is 0.0123. The number of ether oxygens (including phenoxy) is 1. The third-order valence-corrected chi connectivity index (χ3v) is 2.20. The summed E-state index contributed by atoms with van der Waals surface area (Å²) in [6.07, 6.45) is 1.25. The van der Waals surface area contributed by atoms with E-state index in [1.807, 2.05) is 13.8 Å². The van der Waals surface area contributed by atoms with Gasteiger partial charge >= 0.3 is 5.97 Å². The quantitative estimate of drug-likeness (QED) is 0.656. The Kier molecular flexibility index (Phi) is 6.70. The SMILES string of the molecule is CCC(C)CC(=O)NC(COC)C(=O)O. The van der Waals surface area contributed by atoms with Crippen molar-refractivity contribution in [3.8, 4) is 0 Å². The highest BCUT2D eigenvalue weighted by molar-refractivity contribution is 5.83. The lowest BCUT2D eigenvalue weighted by atomic mass is 10.0. The van der Waals surface area contributed by atoms with E-state index in [4.69, 9.17) is 9.84 Å². The normalized spacial score (nSPS) is 14.3. The Bertz CT molecular complexity index is 217. The molecule has 88 valence electrons. The Balaban J connectivity index is 4.05. The van der Waals surface area contributed by atoms with Gasteiger partial charge in [-0.1, -0.05) is 20.3 Å². The van der Waals surface area contributed by atoms with Gasteiger partial charge in [0.2, 0.25) is 5.91 Å². The molecule has 0 spiro atoms. The molecule has 2 N–H and O–H groups in total. The first kappa shape index (κ1) is 13.9. The molecule has 2 unspecified atom stereocenters. The van der Waals surface area contributed by atoms with Crippen molar-refractivity contribution in [1.29, 1.82) is 0 Å². The average molecular weight is 217 g/mol. The lowest BCUT2D eigenvalue weighted by Gasteiger charge is -2.15. The van der Waals surface area contributed by atoms with Crippen LogP contribution >= 0.6 is 0 Å². The van der Waals surface area contributed by atoms with E-state index < -0.39 is 12.0 Å². The zero-order valence-electron chi connectivity index (χ0n) is 9.45. The van der Waals surface area contributed by atoms with Crippen molar-refractivity contribution < 1.29 is 19.4 Å². The van der Waals surface area contributed by atoms with Crippen LogP contribution in [0.5, 0.6) is 0 Å². The number of amides is 1. The molecular formula is C10H19NO4. The lowest BCUT2D eigenvalue weighted by molar-refractivity contribution is -0.143. The molecule has 15 heavy (non-hydrogen) atoms. The highest BCUT2D eigenvalue weighted by Gasteiger charge is 2.20. The Morgan fingerprint density at radius 2 is 2.07 bits per heavy atom.